The zero-order valence-electron chi connectivity index (χ0n) is 19.0. The lowest BCUT2D eigenvalue weighted by Gasteiger charge is -2.30. The van der Waals surface area contributed by atoms with Gasteiger partial charge in [0.15, 0.2) is 0 Å². The van der Waals surface area contributed by atoms with Gasteiger partial charge >= 0.3 is 0 Å². The maximum atomic E-state index is 12.5. The van der Waals surface area contributed by atoms with Crippen LogP contribution in [0.1, 0.15) is 62.5 Å². The number of imide groups is 1. The first-order valence-corrected chi connectivity index (χ1v) is 11.8. The van der Waals surface area contributed by atoms with Gasteiger partial charge in [-0.1, -0.05) is 29.8 Å². The molecule has 1 aromatic rings. The predicted molar refractivity (Wildman–Crippen MR) is 123 cm³/mol. The summed E-state index contributed by atoms with van der Waals surface area (Å²) in [6, 6.07) is 8.39. The molecule has 1 N–H and O–H groups in total. The van der Waals surface area contributed by atoms with Crippen molar-refractivity contribution in [1.29, 1.82) is 0 Å². The van der Waals surface area contributed by atoms with E-state index in [-0.39, 0.29) is 35.3 Å². The number of hydrogen-bond donors (Lipinski definition) is 1. The molecule has 0 radical (unpaired) electrons. The van der Waals surface area contributed by atoms with E-state index in [1.807, 2.05) is 0 Å². The zero-order chi connectivity index (χ0) is 22.9. The highest BCUT2D eigenvalue weighted by Gasteiger charge is 2.30. The van der Waals surface area contributed by atoms with Gasteiger partial charge in [-0.05, 0) is 63.4 Å². The highest BCUT2D eigenvalue weighted by atomic mass is 16.2. The first-order valence-electron chi connectivity index (χ1n) is 11.8. The maximum Gasteiger partial charge on any atom is 0.253 e. The minimum Gasteiger partial charge on any atom is -0.356 e. The van der Waals surface area contributed by atoms with Crippen LogP contribution in [0.25, 0.3) is 0 Å². The van der Waals surface area contributed by atoms with Gasteiger partial charge in [0.1, 0.15) is 5.78 Å². The number of carbonyl (C=O) groups is 4. The molecule has 0 atom stereocenters. The molecule has 0 aromatic heterocycles. The second-order valence-electron chi connectivity index (χ2n) is 9.10. The number of rotatable bonds is 11. The third-order valence-electron chi connectivity index (χ3n) is 6.56. The van der Waals surface area contributed by atoms with Crippen LogP contribution in [0, 0.1) is 18.8 Å². The monoisotopic (exact) mass is 438 g/mol. The van der Waals surface area contributed by atoms with Gasteiger partial charge in [-0.3, -0.25) is 24.1 Å². The molecule has 32 heavy (non-hydrogen) atoms. The van der Waals surface area contributed by atoms with Gasteiger partial charge in [0.05, 0.1) is 0 Å². The van der Waals surface area contributed by atoms with Crippen LogP contribution >= 0.6 is 0 Å². The van der Waals surface area contributed by atoms with Gasteiger partial charge in [0, 0.05) is 44.0 Å². The van der Waals surface area contributed by atoms with Crippen molar-refractivity contribution in [2.45, 2.75) is 64.7 Å². The average molecular weight is 439 g/mol. The van der Waals surface area contributed by atoms with Crippen molar-refractivity contribution < 1.29 is 19.2 Å². The number of aryl methyl sites for hydroxylation is 2. The summed E-state index contributed by atoms with van der Waals surface area (Å²) in [7, 11) is 0. The Morgan fingerprint density at radius 2 is 1.59 bits per heavy atom. The lowest BCUT2D eigenvalue weighted by atomic mass is 9.79. The van der Waals surface area contributed by atoms with Crippen molar-refractivity contribution in [1.82, 2.24) is 10.2 Å². The molecular formula is C26H34N2O4. The summed E-state index contributed by atoms with van der Waals surface area (Å²) in [5.41, 5.74) is 2.49. The van der Waals surface area contributed by atoms with Crippen molar-refractivity contribution >= 4 is 23.5 Å². The van der Waals surface area contributed by atoms with Crippen LogP contribution in [-0.2, 0) is 25.6 Å². The summed E-state index contributed by atoms with van der Waals surface area (Å²) in [6.07, 6.45) is 9.39. The fraction of sp³-hybridized carbons (Fsp3) is 0.538. The van der Waals surface area contributed by atoms with Crippen molar-refractivity contribution in [2.24, 2.45) is 11.8 Å². The number of Topliss-reactive ketones (excluding diaryl/α,β-unsaturated/α-hetero) is 1. The first kappa shape index (κ1) is 23.9. The standard InChI is InChI=1S/C26H34N2O4/c1-19-7-9-20(10-8-19)4-2-6-24(30)27-17-3-5-23(29)22-13-11-21(12-14-22)18-28-25(31)15-16-26(28)32/h7-10,15-16,21-22H,2-6,11-14,17-18H2,1H3,(H,27,30). The summed E-state index contributed by atoms with van der Waals surface area (Å²) in [5.74, 6) is 0.207. The average Bonchev–Trinajstić information content (AvgIpc) is 3.10. The highest BCUT2D eigenvalue weighted by Crippen LogP contribution is 2.31. The summed E-state index contributed by atoms with van der Waals surface area (Å²) >= 11 is 0. The molecule has 0 saturated heterocycles. The van der Waals surface area contributed by atoms with Crippen LogP contribution in [0.2, 0.25) is 0 Å². The molecule has 1 aliphatic heterocycles. The molecule has 0 bridgehead atoms. The Hall–Kier alpha value is -2.76. The number of amides is 3. The van der Waals surface area contributed by atoms with Gasteiger partial charge in [-0.15, -0.1) is 0 Å². The summed E-state index contributed by atoms with van der Waals surface area (Å²) < 4.78 is 0. The van der Waals surface area contributed by atoms with E-state index in [0.717, 1.165) is 38.5 Å². The lowest BCUT2D eigenvalue weighted by molar-refractivity contribution is -0.138. The van der Waals surface area contributed by atoms with E-state index in [1.165, 1.54) is 28.2 Å². The highest BCUT2D eigenvalue weighted by molar-refractivity contribution is 6.12. The Labute approximate surface area is 190 Å². The second kappa shape index (κ2) is 11.7. The van der Waals surface area contributed by atoms with E-state index in [1.54, 1.807) is 0 Å². The molecule has 0 unspecified atom stereocenters. The van der Waals surface area contributed by atoms with Gasteiger partial charge < -0.3 is 5.32 Å². The van der Waals surface area contributed by atoms with E-state index >= 15 is 0 Å². The topological polar surface area (TPSA) is 83.6 Å². The summed E-state index contributed by atoms with van der Waals surface area (Å²) in [4.78, 5) is 49.2. The number of nitrogens with one attached hydrogen (secondary N) is 1. The SMILES string of the molecule is Cc1ccc(CCCC(=O)NCCCC(=O)C2CCC(CN3C(=O)C=CC3=O)CC2)cc1. The van der Waals surface area contributed by atoms with Gasteiger partial charge in [0.25, 0.3) is 11.8 Å². The van der Waals surface area contributed by atoms with E-state index in [9.17, 15) is 19.2 Å². The Kier molecular flexibility index (Phi) is 8.77. The summed E-state index contributed by atoms with van der Waals surface area (Å²) in [5, 5.41) is 2.93. The zero-order valence-corrected chi connectivity index (χ0v) is 19.0. The Morgan fingerprint density at radius 1 is 0.938 bits per heavy atom. The molecule has 2 aliphatic rings. The number of carbonyl (C=O) groups excluding carboxylic acids is 4. The fourth-order valence-corrected chi connectivity index (χ4v) is 4.53. The molecule has 0 spiro atoms. The van der Waals surface area contributed by atoms with Crippen LogP contribution in [0.5, 0.6) is 0 Å². The normalized spacial score (nSPS) is 20.6. The molecule has 6 nitrogen and oxygen atoms in total. The molecule has 6 heteroatoms. The number of nitrogens with zero attached hydrogens (tertiary/aromatic N) is 1. The predicted octanol–water partition coefficient (Wildman–Crippen LogP) is 3.51. The molecule has 1 heterocycles. The van der Waals surface area contributed by atoms with Crippen LogP contribution < -0.4 is 5.32 Å². The lowest BCUT2D eigenvalue weighted by Crippen LogP contribution is -2.36. The first-order chi connectivity index (χ1) is 15.4. The second-order valence-corrected chi connectivity index (χ2v) is 9.10. The minimum absolute atomic E-state index is 0.0468. The van der Waals surface area contributed by atoms with Crippen molar-refractivity contribution in [3.63, 3.8) is 0 Å². The minimum atomic E-state index is -0.231. The largest absolute Gasteiger partial charge is 0.356 e. The van der Waals surface area contributed by atoms with E-state index in [2.05, 4.69) is 36.5 Å². The van der Waals surface area contributed by atoms with E-state index in [0.29, 0.717) is 32.4 Å². The Balaban J connectivity index is 1.24. The number of hydrogen-bond acceptors (Lipinski definition) is 4. The van der Waals surface area contributed by atoms with Crippen molar-refractivity contribution in [3.8, 4) is 0 Å². The quantitative estimate of drug-likeness (QED) is 0.423. The molecular weight excluding hydrogens is 404 g/mol. The smallest absolute Gasteiger partial charge is 0.253 e. The van der Waals surface area contributed by atoms with E-state index in [4.69, 9.17) is 0 Å². The number of benzene rings is 1. The molecule has 1 fully saturated rings. The Bertz CT molecular complexity index is 833. The van der Waals surface area contributed by atoms with Crippen LogP contribution in [0.15, 0.2) is 36.4 Å². The van der Waals surface area contributed by atoms with Gasteiger partial charge in [-0.25, -0.2) is 0 Å². The third kappa shape index (κ3) is 7.14. The summed E-state index contributed by atoms with van der Waals surface area (Å²) in [6.45, 7) is 3.06. The molecule has 1 aliphatic carbocycles. The molecule has 1 saturated carbocycles. The van der Waals surface area contributed by atoms with Crippen LogP contribution in [0.3, 0.4) is 0 Å². The van der Waals surface area contributed by atoms with E-state index < -0.39 is 0 Å². The van der Waals surface area contributed by atoms with Crippen LogP contribution in [0.4, 0.5) is 0 Å². The maximum absolute atomic E-state index is 12.5. The van der Waals surface area contributed by atoms with Crippen LogP contribution in [-0.4, -0.2) is 41.5 Å². The third-order valence-corrected chi connectivity index (χ3v) is 6.56. The number of ketones is 1. The van der Waals surface area contributed by atoms with Crippen molar-refractivity contribution in [3.05, 3.63) is 47.5 Å². The molecule has 3 rings (SSSR count). The molecule has 172 valence electrons. The van der Waals surface area contributed by atoms with Gasteiger partial charge in [-0.2, -0.15) is 0 Å². The van der Waals surface area contributed by atoms with Gasteiger partial charge in [0.2, 0.25) is 5.91 Å². The van der Waals surface area contributed by atoms with Crippen molar-refractivity contribution in [2.75, 3.05) is 13.1 Å². The fourth-order valence-electron chi connectivity index (χ4n) is 4.53. The molecule has 3 amide bonds. The molecule has 1 aromatic carbocycles. The Morgan fingerprint density at radius 3 is 2.25 bits per heavy atom.